The number of rotatable bonds is 5. The molecule has 5 nitrogen and oxygen atoms in total. The minimum atomic E-state index is -0.502. The maximum Gasteiger partial charge on any atom is 0.306 e. The Hall–Kier alpha value is -0.880. The van der Waals surface area contributed by atoms with Gasteiger partial charge in [0, 0.05) is 25.2 Å². The highest BCUT2D eigenvalue weighted by Crippen LogP contribution is 2.66. The zero-order valence-corrected chi connectivity index (χ0v) is 21.5. The maximum atomic E-state index is 12.2. The second-order valence-corrected chi connectivity index (χ2v) is 12.4. The summed E-state index contributed by atoms with van der Waals surface area (Å²) in [5.41, 5.74) is 1.20. The Labute approximate surface area is 200 Å². The monoisotopic (exact) mass is 510 g/mol. The summed E-state index contributed by atoms with van der Waals surface area (Å²) in [5.74, 6) is 0.571. The number of esters is 2. The molecular formula is C26H39BrO5. The van der Waals surface area contributed by atoms with E-state index in [4.69, 9.17) is 9.47 Å². The van der Waals surface area contributed by atoms with Gasteiger partial charge in [0.15, 0.2) is 0 Å². The van der Waals surface area contributed by atoms with Crippen molar-refractivity contribution in [2.75, 3.05) is 0 Å². The number of unbranched alkanes of at least 4 members (excludes halogenated alkanes) is 1. The number of hydrogen-bond donors (Lipinski definition) is 1. The first-order chi connectivity index (χ1) is 15.1. The van der Waals surface area contributed by atoms with Crippen LogP contribution in [0, 0.1) is 28.6 Å². The van der Waals surface area contributed by atoms with E-state index in [0.29, 0.717) is 18.3 Å². The SMILES string of the molecule is CCCCC(=O)O[C@H]1CC[C@@]2(C)C(=C[C@H](O)C3C2CC[C@@]2(C)C3C[C@@H](Br)[C@@H]2OC(C)=O)C1. The maximum absolute atomic E-state index is 12.2. The standard InChI is InChI=1S/C26H39BrO5/c1-5-6-7-22(30)32-17-8-10-25(3)16(12-17)13-21(29)23-18(25)9-11-26(4)19(23)14-20(27)24(26)31-15(2)28/h13,17-21,23-24,29H,5-12,14H2,1-4H3/t17-,18?,19?,20+,21-,23?,24-,25-,26-/m0/s1. The van der Waals surface area contributed by atoms with E-state index in [1.807, 2.05) is 0 Å². The Bertz CT molecular complexity index is 780. The molecule has 180 valence electrons. The average molecular weight is 511 g/mol. The van der Waals surface area contributed by atoms with Gasteiger partial charge >= 0.3 is 11.9 Å². The molecule has 0 amide bonds. The van der Waals surface area contributed by atoms with E-state index < -0.39 is 6.10 Å². The van der Waals surface area contributed by atoms with E-state index in [1.165, 1.54) is 12.5 Å². The van der Waals surface area contributed by atoms with Gasteiger partial charge in [-0.05, 0) is 61.7 Å². The Kier molecular flexibility index (Phi) is 6.86. The average Bonchev–Trinajstić information content (AvgIpc) is 2.97. The predicted octanol–water partition coefficient (Wildman–Crippen LogP) is 5.33. The molecule has 4 aliphatic rings. The van der Waals surface area contributed by atoms with Gasteiger partial charge in [0.25, 0.3) is 0 Å². The number of ether oxygens (including phenoxy) is 2. The summed E-state index contributed by atoms with van der Waals surface area (Å²) < 4.78 is 11.6. The van der Waals surface area contributed by atoms with Gasteiger partial charge in [0.05, 0.1) is 10.9 Å². The van der Waals surface area contributed by atoms with Crippen molar-refractivity contribution in [2.24, 2.45) is 28.6 Å². The minimum absolute atomic E-state index is 0.0406. The van der Waals surface area contributed by atoms with Crippen LogP contribution in [0.15, 0.2) is 11.6 Å². The third-order valence-corrected chi connectivity index (χ3v) is 10.2. The predicted molar refractivity (Wildman–Crippen MR) is 126 cm³/mol. The van der Waals surface area contributed by atoms with Gasteiger partial charge in [-0.2, -0.15) is 0 Å². The van der Waals surface area contributed by atoms with Gasteiger partial charge in [-0.3, -0.25) is 9.59 Å². The molecule has 0 bridgehead atoms. The highest BCUT2D eigenvalue weighted by Gasteiger charge is 2.63. The van der Waals surface area contributed by atoms with Crippen molar-refractivity contribution in [1.29, 1.82) is 0 Å². The highest BCUT2D eigenvalue weighted by atomic mass is 79.9. The molecule has 3 saturated carbocycles. The van der Waals surface area contributed by atoms with Crippen LogP contribution in [0.25, 0.3) is 0 Å². The number of alkyl halides is 1. The molecule has 32 heavy (non-hydrogen) atoms. The molecule has 0 spiro atoms. The summed E-state index contributed by atoms with van der Waals surface area (Å²) in [6, 6.07) is 0. The van der Waals surface area contributed by atoms with E-state index in [1.54, 1.807) is 0 Å². The van der Waals surface area contributed by atoms with Crippen LogP contribution in [0.5, 0.6) is 0 Å². The summed E-state index contributed by atoms with van der Waals surface area (Å²) in [6.45, 7) is 8.19. The number of aliphatic hydroxyl groups is 1. The van der Waals surface area contributed by atoms with Gasteiger partial charge in [0.1, 0.15) is 12.2 Å². The third-order valence-electron chi connectivity index (χ3n) is 9.30. The van der Waals surface area contributed by atoms with Gasteiger partial charge in [0.2, 0.25) is 0 Å². The van der Waals surface area contributed by atoms with Gasteiger partial charge in [-0.1, -0.05) is 54.8 Å². The molecule has 0 heterocycles. The van der Waals surface area contributed by atoms with Crippen LogP contribution in [0.1, 0.15) is 85.5 Å². The summed E-state index contributed by atoms with van der Waals surface area (Å²) in [7, 11) is 0. The molecule has 4 rings (SSSR count). The number of fused-ring (bicyclic) bond motifs is 5. The molecule has 6 heteroatoms. The lowest BCUT2D eigenvalue weighted by Crippen LogP contribution is -2.55. The lowest BCUT2D eigenvalue weighted by molar-refractivity contribution is -0.159. The molecule has 0 aliphatic heterocycles. The van der Waals surface area contributed by atoms with Crippen molar-refractivity contribution < 1.29 is 24.2 Å². The summed E-state index contributed by atoms with van der Waals surface area (Å²) in [6.07, 6.45) is 9.31. The number of hydrogen-bond acceptors (Lipinski definition) is 5. The smallest absolute Gasteiger partial charge is 0.306 e. The van der Waals surface area contributed by atoms with Gasteiger partial charge < -0.3 is 14.6 Å². The number of halogens is 1. The molecule has 4 aliphatic carbocycles. The van der Waals surface area contributed by atoms with E-state index in [2.05, 4.69) is 42.8 Å². The van der Waals surface area contributed by atoms with Crippen LogP contribution in [0.4, 0.5) is 0 Å². The summed E-state index contributed by atoms with van der Waals surface area (Å²) in [5, 5.41) is 11.4. The zero-order chi connectivity index (χ0) is 23.3. The number of carbonyl (C=O) groups is 2. The second kappa shape index (κ2) is 9.05. The fourth-order valence-electron chi connectivity index (χ4n) is 7.60. The van der Waals surface area contributed by atoms with Crippen LogP contribution in [-0.4, -0.2) is 40.2 Å². The quantitative estimate of drug-likeness (QED) is 0.307. The highest BCUT2D eigenvalue weighted by molar-refractivity contribution is 9.09. The largest absolute Gasteiger partial charge is 0.462 e. The van der Waals surface area contributed by atoms with Crippen LogP contribution < -0.4 is 0 Å². The van der Waals surface area contributed by atoms with Crippen LogP contribution >= 0.6 is 15.9 Å². The first kappa shape index (κ1) is 24.3. The van der Waals surface area contributed by atoms with Crippen LogP contribution in [0.2, 0.25) is 0 Å². The Morgan fingerprint density at radius 2 is 1.94 bits per heavy atom. The molecule has 0 aromatic rings. The van der Waals surface area contributed by atoms with E-state index in [0.717, 1.165) is 51.4 Å². The van der Waals surface area contributed by atoms with E-state index in [9.17, 15) is 14.7 Å². The lowest BCUT2D eigenvalue weighted by atomic mass is 9.47. The zero-order valence-electron chi connectivity index (χ0n) is 19.9. The molecule has 0 saturated heterocycles. The molecule has 1 N–H and O–H groups in total. The Morgan fingerprint density at radius 1 is 1.19 bits per heavy atom. The summed E-state index contributed by atoms with van der Waals surface area (Å²) in [4.78, 5) is 24.1. The number of carbonyl (C=O) groups excluding carboxylic acids is 2. The van der Waals surface area contributed by atoms with E-state index >= 15 is 0 Å². The van der Waals surface area contributed by atoms with Crippen molar-refractivity contribution in [3.05, 3.63) is 11.6 Å². The van der Waals surface area contributed by atoms with E-state index in [-0.39, 0.29) is 45.7 Å². The van der Waals surface area contributed by atoms with Crippen LogP contribution in [-0.2, 0) is 19.1 Å². The molecular weight excluding hydrogens is 472 g/mol. The fraction of sp³-hybridized carbons (Fsp3) is 0.846. The molecule has 0 radical (unpaired) electrons. The first-order valence-corrected chi connectivity index (χ1v) is 13.4. The van der Waals surface area contributed by atoms with Gasteiger partial charge in [-0.15, -0.1) is 0 Å². The summed E-state index contributed by atoms with van der Waals surface area (Å²) >= 11 is 3.80. The molecule has 3 unspecified atom stereocenters. The van der Waals surface area contributed by atoms with Crippen molar-refractivity contribution in [1.82, 2.24) is 0 Å². The van der Waals surface area contributed by atoms with Gasteiger partial charge in [-0.25, -0.2) is 0 Å². The Balaban J connectivity index is 1.54. The first-order valence-electron chi connectivity index (χ1n) is 12.5. The van der Waals surface area contributed by atoms with Crippen molar-refractivity contribution in [3.63, 3.8) is 0 Å². The third kappa shape index (κ3) is 4.08. The second-order valence-electron chi connectivity index (χ2n) is 11.2. The minimum Gasteiger partial charge on any atom is -0.462 e. The molecule has 3 fully saturated rings. The molecule has 0 aromatic carbocycles. The number of aliphatic hydroxyl groups excluding tert-OH is 1. The Morgan fingerprint density at radius 3 is 2.62 bits per heavy atom. The van der Waals surface area contributed by atoms with Crippen molar-refractivity contribution >= 4 is 27.9 Å². The van der Waals surface area contributed by atoms with Crippen molar-refractivity contribution in [2.45, 2.75) is 109 Å². The fourth-order valence-corrected chi connectivity index (χ4v) is 8.71. The normalized spacial score (nSPS) is 45.2. The topological polar surface area (TPSA) is 72.8 Å². The van der Waals surface area contributed by atoms with Crippen molar-refractivity contribution in [3.8, 4) is 0 Å². The lowest BCUT2D eigenvalue weighted by Gasteiger charge is -2.58. The molecule has 9 atom stereocenters. The molecule has 0 aromatic heterocycles. The van der Waals surface area contributed by atoms with Crippen LogP contribution in [0.3, 0.4) is 0 Å².